The molecule has 0 saturated carbocycles. The average molecular weight is 306 g/mol. The van der Waals surface area contributed by atoms with E-state index >= 15 is 0 Å². The summed E-state index contributed by atoms with van der Waals surface area (Å²) in [5.41, 5.74) is 2.54. The van der Waals surface area contributed by atoms with Crippen molar-refractivity contribution in [1.82, 2.24) is 5.32 Å². The molecule has 22 heavy (non-hydrogen) atoms. The zero-order valence-electron chi connectivity index (χ0n) is 14.7. The number of carbonyl (C=O) groups excluding carboxylic acids is 1. The summed E-state index contributed by atoms with van der Waals surface area (Å²) in [4.78, 5) is 12.4. The van der Waals surface area contributed by atoms with Crippen molar-refractivity contribution in [3.63, 3.8) is 0 Å². The van der Waals surface area contributed by atoms with Gasteiger partial charge in [-0.3, -0.25) is 0 Å². The second-order valence-electron chi connectivity index (χ2n) is 6.77. The van der Waals surface area contributed by atoms with E-state index in [2.05, 4.69) is 50.5 Å². The molecule has 2 amide bonds. The molecule has 0 bridgehead atoms. The van der Waals surface area contributed by atoms with Gasteiger partial charge in [0, 0.05) is 5.69 Å². The number of benzene rings is 1. The van der Waals surface area contributed by atoms with Crippen molar-refractivity contribution in [3.05, 3.63) is 29.3 Å². The SMILES string of the molecule is CCC(C)(CO)NC(=O)Nc1c(C(C)C)cccc1C(C)C. The molecule has 4 heteroatoms. The smallest absolute Gasteiger partial charge is 0.319 e. The molecule has 1 rings (SSSR count). The number of hydrogen-bond acceptors (Lipinski definition) is 2. The summed E-state index contributed by atoms with van der Waals surface area (Å²) in [6.07, 6.45) is 0.666. The molecule has 0 spiro atoms. The molecule has 4 nitrogen and oxygen atoms in total. The number of anilines is 1. The number of urea groups is 1. The van der Waals surface area contributed by atoms with Crippen molar-refractivity contribution >= 4 is 11.7 Å². The Balaban J connectivity index is 3.08. The minimum atomic E-state index is -0.602. The fraction of sp³-hybridized carbons (Fsp3) is 0.611. The molecule has 1 aromatic carbocycles. The van der Waals surface area contributed by atoms with Crippen LogP contribution in [0.15, 0.2) is 18.2 Å². The van der Waals surface area contributed by atoms with Crippen LogP contribution < -0.4 is 10.6 Å². The Bertz CT molecular complexity index is 480. The van der Waals surface area contributed by atoms with Crippen LogP contribution in [-0.4, -0.2) is 23.3 Å². The number of aliphatic hydroxyl groups is 1. The van der Waals surface area contributed by atoms with Gasteiger partial charge in [0.2, 0.25) is 0 Å². The standard InChI is InChI=1S/C18H30N2O2/c1-7-18(6,11-21)20-17(22)19-16-14(12(2)3)9-8-10-15(16)13(4)5/h8-10,12-13,21H,7,11H2,1-6H3,(H2,19,20,22). The summed E-state index contributed by atoms with van der Waals surface area (Å²) in [7, 11) is 0. The van der Waals surface area contributed by atoms with Gasteiger partial charge in [-0.15, -0.1) is 0 Å². The lowest BCUT2D eigenvalue weighted by Crippen LogP contribution is -2.50. The highest BCUT2D eigenvalue weighted by Gasteiger charge is 2.24. The van der Waals surface area contributed by atoms with Crippen LogP contribution in [0.4, 0.5) is 10.5 Å². The van der Waals surface area contributed by atoms with Crippen LogP contribution in [0.3, 0.4) is 0 Å². The van der Waals surface area contributed by atoms with Crippen LogP contribution in [0.5, 0.6) is 0 Å². The molecule has 1 unspecified atom stereocenters. The summed E-state index contributed by atoms with van der Waals surface area (Å²) in [6, 6.07) is 5.87. The van der Waals surface area contributed by atoms with Gasteiger partial charge < -0.3 is 15.7 Å². The van der Waals surface area contributed by atoms with Crippen LogP contribution in [0.25, 0.3) is 0 Å². The highest BCUT2D eigenvalue weighted by Crippen LogP contribution is 2.32. The third-order valence-corrected chi connectivity index (χ3v) is 4.16. The molecule has 0 radical (unpaired) electrons. The van der Waals surface area contributed by atoms with E-state index in [0.29, 0.717) is 18.3 Å². The number of carbonyl (C=O) groups is 1. The van der Waals surface area contributed by atoms with Crippen molar-refractivity contribution in [1.29, 1.82) is 0 Å². The van der Waals surface area contributed by atoms with E-state index in [4.69, 9.17) is 0 Å². The molecule has 3 N–H and O–H groups in total. The van der Waals surface area contributed by atoms with E-state index < -0.39 is 5.54 Å². The lowest BCUT2D eigenvalue weighted by Gasteiger charge is -2.28. The summed E-state index contributed by atoms with van der Waals surface area (Å²) >= 11 is 0. The van der Waals surface area contributed by atoms with Crippen molar-refractivity contribution in [2.24, 2.45) is 0 Å². The maximum absolute atomic E-state index is 12.4. The molecule has 0 aliphatic carbocycles. The van der Waals surface area contributed by atoms with Gasteiger partial charge in [0.25, 0.3) is 0 Å². The van der Waals surface area contributed by atoms with Crippen LogP contribution in [0.2, 0.25) is 0 Å². The molecule has 0 aliphatic rings. The van der Waals surface area contributed by atoms with Crippen molar-refractivity contribution < 1.29 is 9.90 Å². The van der Waals surface area contributed by atoms with E-state index in [1.165, 1.54) is 0 Å². The third-order valence-electron chi connectivity index (χ3n) is 4.16. The summed E-state index contributed by atoms with van der Waals surface area (Å²) in [5, 5.41) is 15.3. The lowest BCUT2D eigenvalue weighted by atomic mass is 9.92. The van der Waals surface area contributed by atoms with E-state index in [1.807, 2.05) is 19.9 Å². The first-order valence-electron chi connectivity index (χ1n) is 8.07. The van der Waals surface area contributed by atoms with Crippen LogP contribution in [0, 0.1) is 0 Å². The van der Waals surface area contributed by atoms with Crippen LogP contribution >= 0.6 is 0 Å². The predicted octanol–water partition coefficient (Wildman–Crippen LogP) is 4.22. The quantitative estimate of drug-likeness (QED) is 0.737. The first-order valence-corrected chi connectivity index (χ1v) is 8.07. The van der Waals surface area contributed by atoms with E-state index in [0.717, 1.165) is 16.8 Å². The fourth-order valence-corrected chi connectivity index (χ4v) is 2.35. The van der Waals surface area contributed by atoms with Gasteiger partial charge in [-0.1, -0.05) is 52.8 Å². The summed E-state index contributed by atoms with van der Waals surface area (Å²) in [6.45, 7) is 12.2. The molecular weight excluding hydrogens is 276 g/mol. The van der Waals surface area contributed by atoms with Gasteiger partial charge in [-0.25, -0.2) is 4.79 Å². The molecule has 1 aromatic rings. The summed E-state index contributed by atoms with van der Waals surface area (Å²) in [5.74, 6) is 0.647. The zero-order chi connectivity index (χ0) is 16.9. The molecule has 1 atom stereocenters. The zero-order valence-corrected chi connectivity index (χ0v) is 14.7. The number of hydrogen-bond donors (Lipinski definition) is 3. The minimum Gasteiger partial charge on any atom is -0.394 e. The highest BCUT2D eigenvalue weighted by atomic mass is 16.3. The van der Waals surface area contributed by atoms with Crippen molar-refractivity contribution in [3.8, 4) is 0 Å². The minimum absolute atomic E-state index is 0.0835. The second-order valence-corrected chi connectivity index (χ2v) is 6.77. The van der Waals surface area contributed by atoms with Gasteiger partial charge >= 0.3 is 6.03 Å². The molecule has 0 aliphatic heterocycles. The van der Waals surface area contributed by atoms with E-state index in [1.54, 1.807) is 0 Å². The monoisotopic (exact) mass is 306 g/mol. The Morgan fingerprint density at radius 2 is 1.68 bits per heavy atom. The number of aliphatic hydroxyl groups excluding tert-OH is 1. The Hall–Kier alpha value is -1.55. The normalized spacial score (nSPS) is 14.0. The molecule has 0 heterocycles. The number of para-hydroxylation sites is 1. The number of nitrogens with one attached hydrogen (secondary N) is 2. The van der Waals surface area contributed by atoms with Gasteiger partial charge in [0.15, 0.2) is 0 Å². The molecular formula is C18H30N2O2. The molecule has 0 saturated heterocycles. The Morgan fingerprint density at radius 1 is 1.18 bits per heavy atom. The number of rotatable bonds is 6. The first-order chi connectivity index (χ1) is 10.2. The predicted molar refractivity (Wildman–Crippen MR) is 92.6 cm³/mol. The Kier molecular flexibility index (Phi) is 6.42. The highest BCUT2D eigenvalue weighted by molar-refractivity contribution is 5.91. The topological polar surface area (TPSA) is 61.4 Å². The van der Waals surface area contributed by atoms with Crippen molar-refractivity contribution in [2.45, 2.75) is 65.3 Å². The Morgan fingerprint density at radius 3 is 2.05 bits per heavy atom. The maximum Gasteiger partial charge on any atom is 0.319 e. The average Bonchev–Trinajstić information content (AvgIpc) is 2.46. The van der Waals surface area contributed by atoms with Gasteiger partial charge in [0.05, 0.1) is 12.1 Å². The van der Waals surface area contributed by atoms with Crippen molar-refractivity contribution in [2.75, 3.05) is 11.9 Å². The van der Waals surface area contributed by atoms with Crippen LogP contribution in [0.1, 0.15) is 70.9 Å². The molecule has 124 valence electrons. The van der Waals surface area contributed by atoms with Gasteiger partial charge in [-0.05, 0) is 36.3 Å². The molecule has 0 fully saturated rings. The van der Waals surface area contributed by atoms with E-state index in [9.17, 15) is 9.90 Å². The molecule has 0 aromatic heterocycles. The van der Waals surface area contributed by atoms with Gasteiger partial charge in [0.1, 0.15) is 0 Å². The fourth-order valence-electron chi connectivity index (χ4n) is 2.35. The number of amides is 2. The van der Waals surface area contributed by atoms with Gasteiger partial charge in [-0.2, -0.15) is 0 Å². The Labute approximate surface area is 134 Å². The first kappa shape index (κ1) is 18.5. The van der Waals surface area contributed by atoms with Crippen LogP contribution in [-0.2, 0) is 0 Å². The largest absolute Gasteiger partial charge is 0.394 e. The summed E-state index contributed by atoms with van der Waals surface area (Å²) < 4.78 is 0. The second kappa shape index (κ2) is 7.63. The lowest BCUT2D eigenvalue weighted by molar-refractivity contribution is 0.172. The van der Waals surface area contributed by atoms with E-state index in [-0.39, 0.29) is 12.6 Å². The third kappa shape index (κ3) is 4.47. The maximum atomic E-state index is 12.4.